The summed E-state index contributed by atoms with van der Waals surface area (Å²) < 4.78 is 2.66. The van der Waals surface area contributed by atoms with Crippen LogP contribution in [0.25, 0.3) is 105 Å². The topological polar surface area (TPSA) is 11.4 Å². The van der Waals surface area contributed by atoms with Crippen molar-refractivity contribution in [1.29, 1.82) is 0 Å². The van der Waals surface area contributed by atoms with Crippen molar-refractivity contribution in [2.24, 2.45) is 0 Å². The molecule has 4 heteroatoms. The molecule has 0 unspecified atom stereocenters. The van der Waals surface area contributed by atoms with E-state index in [0.29, 0.717) is 65.1 Å². The second-order valence-corrected chi connectivity index (χ2v) is 44.0. The highest BCUT2D eigenvalue weighted by molar-refractivity contribution is 7.00. The van der Waals surface area contributed by atoms with E-state index >= 15 is 0 Å². The van der Waals surface area contributed by atoms with Gasteiger partial charge in [0.15, 0.2) is 0 Å². The molecule has 0 aliphatic carbocycles. The molecule has 680 valence electrons. The molecule has 0 saturated carbocycles. The van der Waals surface area contributed by atoms with Crippen LogP contribution in [-0.2, 0) is 0 Å². The monoisotopic (exact) mass is 1750 g/mol. The molecule has 15 aromatic rings. The zero-order chi connectivity index (χ0) is 94.8. The third-order valence-corrected chi connectivity index (χ3v) is 29.7. The predicted octanol–water partition coefficient (Wildman–Crippen LogP) is 37.4. The van der Waals surface area contributed by atoms with E-state index in [1.54, 1.807) is 0 Å². The van der Waals surface area contributed by atoms with E-state index < -0.39 is 0 Å². The maximum atomic E-state index is 2.80. The summed E-state index contributed by atoms with van der Waals surface area (Å²) in [5, 5.41) is 2.50. The van der Waals surface area contributed by atoms with Crippen molar-refractivity contribution in [2.75, 3.05) is 9.80 Å². The van der Waals surface area contributed by atoms with E-state index in [-0.39, 0.29) is 30.4 Å². The minimum absolute atomic E-state index is 0.206. The zero-order valence-corrected chi connectivity index (χ0v) is 85.8. The van der Waals surface area contributed by atoms with Gasteiger partial charge in [-0.1, -0.05) is 390 Å². The van der Waals surface area contributed by atoms with Crippen molar-refractivity contribution in [3.63, 3.8) is 0 Å². The van der Waals surface area contributed by atoms with Gasteiger partial charge in [-0.2, -0.15) is 0 Å². The molecule has 0 atom stereocenters. The minimum Gasteiger partial charge on any atom is -0.311 e. The molecule has 0 spiro atoms. The first-order valence-corrected chi connectivity index (χ1v) is 50.8. The lowest BCUT2D eigenvalue weighted by Gasteiger charge is -2.45. The maximum Gasteiger partial charge on any atom is 0.252 e. The molecule has 0 bridgehead atoms. The van der Waals surface area contributed by atoms with Gasteiger partial charge in [0.25, 0.3) is 6.71 Å². The molecule has 1 aromatic heterocycles. The van der Waals surface area contributed by atoms with E-state index in [0.717, 1.165) is 45.0 Å². The molecular formula is C129H146BN3. The van der Waals surface area contributed by atoms with Crippen LogP contribution in [0.2, 0.25) is 0 Å². The van der Waals surface area contributed by atoms with E-state index in [1.165, 1.54) is 194 Å². The summed E-state index contributed by atoms with van der Waals surface area (Å²) in [5.41, 5.74) is 53.1. The van der Waals surface area contributed by atoms with Gasteiger partial charge in [0.1, 0.15) is 0 Å². The Balaban J connectivity index is 1.06. The Morgan fingerprint density at radius 3 is 0.835 bits per heavy atom. The van der Waals surface area contributed by atoms with Crippen molar-refractivity contribution in [3.8, 4) is 83.6 Å². The first-order valence-electron chi connectivity index (χ1n) is 50.8. The number of rotatable bonds is 25. The summed E-state index contributed by atoms with van der Waals surface area (Å²) in [5.74, 6) is 4.68. The lowest BCUT2D eigenvalue weighted by Crippen LogP contribution is -2.61. The van der Waals surface area contributed by atoms with Crippen molar-refractivity contribution >= 4 is 79.0 Å². The highest BCUT2D eigenvalue weighted by Gasteiger charge is 2.46. The fourth-order valence-corrected chi connectivity index (χ4v) is 22.3. The number of nitrogens with zero attached hydrogens (tertiary/aromatic N) is 3. The fraction of sp³-hybridized carbons (Fsp3) is 0.349. The molecule has 3 heterocycles. The Hall–Kier alpha value is -11.5. The number of hydrogen-bond acceptors (Lipinski definition) is 2. The third kappa shape index (κ3) is 16.9. The average Bonchev–Trinajstić information content (AvgIpc) is 0.820. The van der Waals surface area contributed by atoms with Gasteiger partial charge in [0.2, 0.25) is 0 Å². The highest BCUT2D eigenvalue weighted by atomic mass is 15.2. The molecule has 2 aliphatic rings. The Morgan fingerprint density at radius 2 is 0.496 bits per heavy atom. The van der Waals surface area contributed by atoms with Gasteiger partial charge < -0.3 is 14.4 Å². The number of hydrogen-bond donors (Lipinski definition) is 0. The largest absolute Gasteiger partial charge is 0.311 e. The van der Waals surface area contributed by atoms with Gasteiger partial charge in [0.05, 0.1) is 16.7 Å². The summed E-state index contributed by atoms with van der Waals surface area (Å²) in [6.45, 7) is 71.5. The number of fused-ring (bicyclic) bond motifs is 7. The van der Waals surface area contributed by atoms with Crippen LogP contribution in [0.5, 0.6) is 0 Å². The molecule has 3 nitrogen and oxygen atoms in total. The summed E-state index contributed by atoms with van der Waals surface area (Å²) >= 11 is 0. The first-order chi connectivity index (χ1) is 63.4. The van der Waals surface area contributed by atoms with Gasteiger partial charge in [0, 0.05) is 56.0 Å². The number of anilines is 6. The van der Waals surface area contributed by atoms with Crippen molar-refractivity contribution in [2.45, 2.75) is 296 Å². The Bertz CT molecular complexity index is 6580. The normalized spacial score (nSPS) is 13.0. The first kappa shape index (κ1) is 93.4. The van der Waals surface area contributed by atoms with Gasteiger partial charge in [-0.3, -0.25) is 0 Å². The smallest absolute Gasteiger partial charge is 0.252 e. The molecule has 0 N–H and O–H groups in total. The standard InChI is InChI=1S/C129H146BN3/c1-72(2)93-58-103(77(11)12)123(104(59-93)78(13)14)89-44-49-99(50-45-89)131-119-55-48-92(126-109(83(23)24)64-96(75(7)8)65-110(126)84(25)26)68-116(119)130-115-52-51-100(132-117-53-46-90(124-105(79(15)16)60-94(73(3)4)61-106(124)80(17)18)56-113(117)114-57-91(47-54-118(114)132)125-107(81(19)20)62-95(74(5)6)63-108(125)82(21)22)71-120(115)133(129-101(87-38-33-31-34-39-87)42-37-43-102(129)88-40-35-32-36-41-88)122-70-98(69-121(131)128(122)130)127-111(85(27)28)66-97(76(9)10)67-112(127)86(29)30/h31-86H,1-30H3. The molecular weight excluding hydrogens is 1600 g/mol. The Kier molecular flexibility index (Phi) is 26.0. The molecule has 0 fully saturated rings. The van der Waals surface area contributed by atoms with Crippen molar-refractivity contribution in [3.05, 3.63) is 332 Å². The molecule has 0 saturated heterocycles. The van der Waals surface area contributed by atoms with Crippen LogP contribution in [0.15, 0.2) is 249 Å². The van der Waals surface area contributed by atoms with Gasteiger partial charge in [-0.15, -0.1) is 0 Å². The van der Waals surface area contributed by atoms with E-state index in [4.69, 9.17) is 0 Å². The van der Waals surface area contributed by atoms with Gasteiger partial charge in [-0.25, -0.2) is 0 Å². The summed E-state index contributed by atoms with van der Waals surface area (Å²) in [7, 11) is 0. The van der Waals surface area contributed by atoms with Crippen LogP contribution in [0, 0.1) is 0 Å². The highest BCUT2D eigenvalue weighted by Crippen LogP contribution is 2.56. The van der Waals surface area contributed by atoms with Crippen LogP contribution in [0.1, 0.15) is 380 Å². The molecule has 17 rings (SSSR count). The Labute approximate surface area is 800 Å². The minimum atomic E-state index is -0.268. The van der Waals surface area contributed by atoms with Crippen LogP contribution in [0.4, 0.5) is 34.1 Å². The second-order valence-electron chi connectivity index (χ2n) is 44.0. The third-order valence-electron chi connectivity index (χ3n) is 29.7. The lowest BCUT2D eigenvalue weighted by atomic mass is 9.33. The van der Waals surface area contributed by atoms with Gasteiger partial charge in [-0.05, 0) is 322 Å². The van der Waals surface area contributed by atoms with Gasteiger partial charge >= 0.3 is 0 Å². The van der Waals surface area contributed by atoms with Crippen molar-refractivity contribution < 1.29 is 0 Å². The molecule has 0 radical (unpaired) electrons. The maximum absolute atomic E-state index is 2.80. The predicted molar refractivity (Wildman–Crippen MR) is 584 cm³/mol. The van der Waals surface area contributed by atoms with E-state index in [1.807, 2.05) is 0 Å². The summed E-state index contributed by atoms with van der Waals surface area (Å²) in [6, 6.07) is 101. The average molecular weight is 1750 g/mol. The summed E-state index contributed by atoms with van der Waals surface area (Å²) in [4.78, 5) is 5.52. The SMILES string of the molecule is CC(C)c1cc(C(C)C)c(-c2ccc(N3c4ccc(-c5c(C(C)C)cc(C(C)C)cc5C(C)C)cc4B4c5ccc(-n6c7ccc(-c8c(C(C)C)cc(C(C)C)cc8C(C)C)cc7c7cc(-c8c(C(C)C)cc(C(C)C)cc8C(C)C)ccc76)cc5N(c5c(-c6ccccc6)cccc5-c5ccccc5)c5cc(-c6c(C(C)C)cc(C(C)C)cc6C(C)C)cc3c54)cc2)c(C(C)C)c1. The summed E-state index contributed by atoms with van der Waals surface area (Å²) in [6.07, 6.45) is 0. The van der Waals surface area contributed by atoms with Crippen LogP contribution < -0.4 is 26.2 Å². The van der Waals surface area contributed by atoms with Crippen LogP contribution in [0.3, 0.4) is 0 Å². The second kappa shape index (κ2) is 37.1. The Morgan fingerprint density at radius 1 is 0.195 bits per heavy atom. The van der Waals surface area contributed by atoms with Crippen LogP contribution >= 0.6 is 0 Å². The molecule has 0 amide bonds. The number of aromatic nitrogens is 1. The van der Waals surface area contributed by atoms with E-state index in [9.17, 15) is 0 Å². The quantitative estimate of drug-likeness (QED) is 0.0529. The molecule has 14 aromatic carbocycles. The van der Waals surface area contributed by atoms with Crippen LogP contribution in [-0.4, -0.2) is 11.3 Å². The zero-order valence-electron chi connectivity index (χ0n) is 85.8. The molecule has 2 aliphatic heterocycles. The fourth-order valence-electron chi connectivity index (χ4n) is 22.3. The lowest BCUT2D eigenvalue weighted by molar-refractivity contribution is 0.807. The number of benzene rings is 14. The van der Waals surface area contributed by atoms with Crippen molar-refractivity contribution in [1.82, 2.24) is 4.57 Å². The van der Waals surface area contributed by atoms with E-state index in [2.05, 4.69) is 471 Å². The number of para-hydroxylation sites is 1. The molecule has 133 heavy (non-hydrogen) atoms.